The highest BCUT2D eigenvalue weighted by Gasteiger charge is 2.58. The van der Waals surface area contributed by atoms with Gasteiger partial charge in [0.25, 0.3) is 0 Å². The fourth-order valence-electron chi connectivity index (χ4n) is 6.57. The number of carbonyl (C=O) groups is 1. The molecule has 5 nitrogen and oxygen atoms in total. The van der Waals surface area contributed by atoms with Crippen LogP contribution in [0.3, 0.4) is 0 Å². The molecule has 0 radical (unpaired) electrons. The molecule has 4 aliphatic carbocycles. The van der Waals surface area contributed by atoms with E-state index in [-0.39, 0.29) is 28.0 Å². The molecule has 2 saturated carbocycles. The van der Waals surface area contributed by atoms with Gasteiger partial charge in [0.1, 0.15) is 6.10 Å². The Kier molecular flexibility index (Phi) is 4.89. The molecule has 4 rings (SSSR count). The minimum atomic E-state index is -0.143. The van der Waals surface area contributed by atoms with Crippen LogP contribution in [0, 0.1) is 28.6 Å². The van der Waals surface area contributed by atoms with Crippen LogP contribution < -0.4 is 11.2 Å². The van der Waals surface area contributed by atoms with Crippen molar-refractivity contribution in [1.82, 2.24) is 5.43 Å². The number of ether oxygens (including phenoxy) is 1. The predicted octanol–water partition coefficient (Wildman–Crippen LogP) is 3.85. The second kappa shape index (κ2) is 6.97. The zero-order valence-electron chi connectivity index (χ0n) is 17.0. The van der Waals surface area contributed by atoms with Gasteiger partial charge in [-0.3, -0.25) is 10.2 Å². The summed E-state index contributed by atoms with van der Waals surface area (Å²) in [6.07, 6.45) is 13.5. The first-order valence-electron chi connectivity index (χ1n) is 10.4. The SMILES string of the molecule is CC(=O)O[C@H]1CC[C@H]2[C@@H]3C=CC4=C/C(=N/NC(N)=S)CC[C@]4(C)[C@H]3CC[C@]12C. The lowest BCUT2D eigenvalue weighted by molar-refractivity contribution is -0.155. The molecular weight excluding hydrogens is 370 g/mol. The summed E-state index contributed by atoms with van der Waals surface area (Å²) < 4.78 is 5.74. The van der Waals surface area contributed by atoms with Gasteiger partial charge in [0.2, 0.25) is 0 Å². The van der Waals surface area contributed by atoms with E-state index in [9.17, 15) is 4.79 Å². The number of esters is 1. The summed E-state index contributed by atoms with van der Waals surface area (Å²) in [6, 6.07) is 0. The Labute approximate surface area is 172 Å². The third kappa shape index (κ3) is 3.10. The summed E-state index contributed by atoms with van der Waals surface area (Å²) in [6.45, 7) is 6.32. The highest BCUT2D eigenvalue weighted by molar-refractivity contribution is 7.80. The Bertz CT molecular complexity index is 789. The largest absolute Gasteiger partial charge is 0.462 e. The second-order valence-corrected chi connectivity index (χ2v) is 9.91. The molecular formula is C22H31N3O2S. The van der Waals surface area contributed by atoms with Gasteiger partial charge in [-0.25, -0.2) is 0 Å². The number of hydrogen-bond donors (Lipinski definition) is 2. The van der Waals surface area contributed by atoms with Gasteiger partial charge in [0.05, 0.1) is 5.71 Å². The van der Waals surface area contributed by atoms with Gasteiger partial charge in [-0.05, 0) is 85.6 Å². The minimum absolute atomic E-state index is 0.0744. The molecule has 28 heavy (non-hydrogen) atoms. The van der Waals surface area contributed by atoms with Crippen LogP contribution in [0.15, 0.2) is 28.9 Å². The summed E-state index contributed by atoms with van der Waals surface area (Å²) in [4.78, 5) is 11.6. The highest BCUT2D eigenvalue weighted by Crippen LogP contribution is 2.64. The van der Waals surface area contributed by atoms with E-state index in [0.29, 0.717) is 17.8 Å². The molecule has 0 aromatic rings. The molecule has 0 bridgehead atoms. The Morgan fingerprint density at radius 1 is 1.29 bits per heavy atom. The van der Waals surface area contributed by atoms with Crippen molar-refractivity contribution < 1.29 is 9.53 Å². The summed E-state index contributed by atoms with van der Waals surface area (Å²) in [5.41, 5.74) is 10.9. The first kappa shape index (κ1) is 19.6. The molecule has 4 aliphatic rings. The Morgan fingerprint density at radius 2 is 2.07 bits per heavy atom. The van der Waals surface area contributed by atoms with E-state index in [1.807, 2.05) is 0 Å². The quantitative estimate of drug-likeness (QED) is 0.418. The number of nitrogens with two attached hydrogens (primary N) is 1. The summed E-state index contributed by atoms with van der Waals surface area (Å²) in [5.74, 6) is 1.66. The van der Waals surface area contributed by atoms with Crippen LogP contribution in [0.1, 0.15) is 59.3 Å². The molecule has 6 heteroatoms. The van der Waals surface area contributed by atoms with Crippen LogP contribution in [-0.4, -0.2) is 22.9 Å². The maximum Gasteiger partial charge on any atom is 0.302 e. The molecule has 0 amide bonds. The molecule has 0 aromatic carbocycles. The monoisotopic (exact) mass is 401 g/mol. The Balaban J connectivity index is 1.61. The van der Waals surface area contributed by atoms with Crippen LogP contribution in [0.2, 0.25) is 0 Å². The fourth-order valence-corrected chi connectivity index (χ4v) is 6.61. The molecule has 0 saturated heterocycles. The molecule has 2 fully saturated rings. The van der Waals surface area contributed by atoms with Gasteiger partial charge < -0.3 is 10.5 Å². The molecule has 6 atom stereocenters. The van der Waals surface area contributed by atoms with Gasteiger partial charge in [-0.1, -0.05) is 26.0 Å². The number of nitrogens with one attached hydrogen (secondary N) is 1. The lowest BCUT2D eigenvalue weighted by atomic mass is 9.49. The smallest absolute Gasteiger partial charge is 0.302 e. The van der Waals surface area contributed by atoms with Gasteiger partial charge in [-0.15, -0.1) is 0 Å². The minimum Gasteiger partial charge on any atom is -0.462 e. The molecule has 3 N–H and O–H groups in total. The van der Waals surface area contributed by atoms with E-state index in [1.165, 1.54) is 18.9 Å². The average Bonchev–Trinajstić information content (AvgIpc) is 2.95. The fraction of sp³-hybridized carbons (Fsp3) is 0.682. The molecule has 152 valence electrons. The number of allylic oxidation sites excluding steroid dienone is 4. The van der Waals surface area contributed by atoms with Gasteiger partial charge >= 0.3 is 5.97 Å². The lowest BCUT2D eigenvalue weighted by Crippen LogP contribution is -2.50. The number of fused-ring (bicyclic) bond motifs is 5. The molecule has 0 heterocycles. The summed E-state index contributed by atoms with van der Waals surface area (Å²) in [7, 11) is 0. The van der Waals surface area contributed by atoms with E-state index >= 15 is 0 Å². The van der Waals surface area contributed by atoms with Crippen molar-refractivity contribution in [3.05, 3.63) is 23.8 Å². The van der Waals surface area contributed by atoms with Crippen molar-refractivity contribution in [2.45, 2.75) is 65.4 Å². The molecule has 0 aliphatic heterocycles. The Morgan fingerprint density at radius 3 is 2.79 bits per heavy atom. The van der Waals surface area contributed by atoms with Crippen molar-refractivity contribution in [3.8, 4) is 0 Å². The lowest BCUT2D eigenvalue weighted by Gasteiger charge is -2.55. The van der Waals surface area contributed by atoms with Crippen molar-refractivity contribution in [3.63, 3.8) is 0 Å². The van der Waals surface area contributed by atoms with Crippen molar-refractivity contribution >= 4 is 29.0 Å². The van der Waals surface area contributed by atoms with E-state index < -0.39 is 0 Å². The highest BCUT2D eigenvalue weighted by atomic mass is 32.1. The maximum atomic E-state index is 11.6. The zero-order valence-corrected chi connectivity index (χ0v) is 17.8. The predicted molar refractivity (Wildman–Crippen MR) is 115 cm³/mol. The number of carbonyl (C=O) groups excluding carboxylic acids is 1. The van der Waals surface area contributed by atoms with Crippen LogP contribution >= 0.6 is 12.2 Å². The number of hydrogen-bond acceptors (Lipinski definition) is 4. The number of thiocarbonyl (C=S) groups is 1. The van der Waals surface area contributed by atoms with Crippen LogP contribution in [-0.2, 0) is 9.53 Å². The normalized spacial score (nSPS) is 42.8. The summed E-state index contributed by atoms with van der Waals surface area (Å²) >= 11 is 4.86. The summed E-state index contributed by atoms with van der Waals surface area (Å²) in [5, 5.41) is 4.55. The second-order valence-electron chi connectivity index (χ2n) is 9.47. The number of hydrazone groups is 1. The number of rotatable bonds is 2. The van der Waals surface area contributed by atoms with Crippen LogP contribution in [0.25, 0.3) is 0 Å². The van der Waals surface area contributed by atoms with Crippen molar-refractivity contribution in [2.75, 3.05) is 0 Å². The molecule has 0 spiro atoms. The zero-order chi connectivity index (χ0) is 20.1. The topological polar surface area (TPSA) is 76.7 Å². The third-order valence-electron chi connectivity index (χ3n) is 8.06. The van der Waals surface area contributed by atoms with E-state index in [0.717, 1.165) is 37.8 Å². The van der Waals surface area contributed by atoms with E-state index in [2.05, 4.69) is 42.6 Å². The van der Waals surface area contributed by atoms with Gasteiger partial charge in [0, 0.05) is 12.3 Å². The maximum absolute atomic E-state index is 11.6. The van der Waals surface area contributed by atoms with E-state index in [4.69, 9.17) is 22.7 Å². The van der Waals surface area contributed by atoms with Crippen molar-refractivity contribution in [1.29, 1.82) is 0 Å². The van der Waals surface area contributed by atoms with Crippen LogP contribution in [0.4, 0.5) is 0 Å². The molecule has 0 aromatic heterocycles. The van der Waals surface area contributed by atoms with E-state index in [1.54, 1.807) is 0 Å². The van der Waals surface area contributed by atoms with Crippen molar-refractivity contribution in [2.24, 2.45) is 39.4 Å². The first-order chi connectivity index (χ1) is 13.2. The third-order valence-corrected chi connectivity index (χ3v) is 8.15. The average molecular weight is 402 g/mol. The molecule has 0 unspecified atom stereocenters. The first-order valence-corrected chi connectivity index (χ1v) is 10.8. The number of nitrogens with zero attached hydrogens (tertiary/aromatic N) is 1. The van der Waals surface area contributed by atoms with Gasteiger partial charge in [0.15, 0.2) is 5.11 Å². The van der Waals surface area contributed by atoms with Gasteiger partial charge in [-0.2, -0.15) is 5.10 Å². The standard InChI is InChI=1S/C22H31N3O2S/c1-13(26)27-19-7-6-17-16-5-4-14-12-15(24-25-20(23)28)8-10-21(14,2)18(16)9-11-22(17,19)3/h4-5,12,16-19H,6-11H2,1-3H3,(H3,23,25,28)/b24-15+/t16-,17-,18-,19-,21-,22-/m0/s1. The van der Waals surface area contributed by atoms with Crippen LogP contribution in [0.5, 0.6) is 0 Å². The Hall–Kier alpha value is -1.69.